The SMILES string of the molecule is CS(=O)(=O)c1ccc(C(=O)Nc2nc(NCC(F)(F)F)nc(-c3ccccn3)n2)c(Cl)c1. The highest BCUT2D eigenvalue weighted by molar-refractivity contribution is 7.90. The molecule has 2 aromatic heterocycles. The standard InChI is InChI=1S/C18H14ClF3N6O3S/c1-32(30,31)10-5-6-11(12(19)8-10)15(29)27-17-26-14(13-4-2-3-7-23-13)25-16(28-17)24-9-18(20,21)22/h2-8H,9H2,1H3,(H2,24,25,26,27,28,29). The Bertz CT molecular complexity index is 1260. The molecule has 0 radical (unpaired) electrons. The molecule has 0 spiro atoms. The molecule has 9 nitrogen and oxygen atoms in total. The highest BCUT2D eigenvalue weighted by Gasteiger charge is 2.27. The van der Waals surface area contributed by atoms with Gasteiger partial charge in [-0.15, -0.1) is 0 Å². The fraction of sp³-hybridized carbons (Fsp3) is 0.167. The first-order valence-electron chi connectivity index (χ1n) is 8.71. The van der Waals surface area contributed by atoms with E-state index in [4.69, 9.17) is 11.6 Å². The maximum Gasteiger partial charge on any atom is 0.405 e. The van der Waals surface area contributed by atoms with Gasteiger partial charge in [0.2, 0.25) is 11.9 Å². The summed E-state index contributed by atoms with van der Waals surface area (Å²) in [4.78, 5) is 28.3. The van der Waals surface area contributed by atoms with Crippen molar-refractivity contribution in [1.82, 2.24) is 19.9 Å². The smallest absolute Gasteiger partial charge is 0.345 e. The number of rotatable bonds is 6. The molecule has 14 heteroatoms. The number of carbonyl (C=O) groups excluding carboxylic acids is 1. The van der Waals surface area contributed by atoms with Crippen molar-refractivity contribution >= 4 is 39.2 Å². The second-order valence-electron chi connectivity index (χ2n) is 6.36. The van der Waals surface area contributed by atoms with Crippen molar-refractivity contribution in [3.63, 3.8) is 0 Å². The van der Waals surface area contributed by atoms with E-state index in [0.717, 1.165) is 12.3 Å². The molecule has 168 valence electrons. The minimum atomic E-state index is -4.53. The van der Waals surface area contributed by atoms with E-state index < -0.39 is 34.4 Å². The molecular weight excluding hydrogens is 473 g/mol. The third kappa shape index (κ3) is 6.11. The first-order chi connectivity index (χ1) is 14.9. The lowest BCUT2D eigenvalue weighted by atomic mass is 10.2. The second kappa shape index (κ2) is 9.04. The molecule has 3 rings (SSSR count). The van der Waals surface area contributed by atoms with Crippen LogP contribution < -0.4 is 10.6 Å². The van der Waals surface area contributed by atoms with Crippen LogP contribution in [0.5, 0.6) is 0 Å². The average Bonchev–Trinajstić information content (AvgIpc) is 2.71. The Morgan fingerprint density at radius 3 is 2.41 bits per heavy atom. The highest BCUT2D eigenvalue weighted by Crippen LogP contribution is 2.23. The molecule has 0 atom stereocenters. The number of sulfone groups is 1. The number of hydrogen-bond acceptors (Lipinski definition) is 8. The molecule has 0 saturated carbocycles. The molecule has 0 unspecified atom stereocenters. The molecule has 32 heavy (non-hydrogen) atoms. The number of hydrogen-bond donors (Lipinski definition) is 2. The first-order valence-corrected chi connectivity index (χ1v) is 11.0. The summed E-state index contributed by atoms with van der Waals surface area (Å²) in [7, 11) is -3.54. The summed E-state index contributed by atoms with van der Waals surface area (Å²) in [5, 5.41) is 4.19. The molecule has 2 N–H and O–H groups in total. The van der Waals surface area contributed by atoms with Crippen molar-refractivity contribution in [3.8, 4) is 11.5 Å². The van der Waals surface area contributed by atoms with Gasteiger partial charge in [-0.2, -0.15) is 28.1 Å². The lowest BCUT2D eigenvalue weighted by Gasteiger charge is -2.11. The topological polar surface area (TPSA) is 127 Å². The summed E-state index contributed by atoms with van der Waals surface area (Å²) in [5.41, 5.74) is 0.139. The van der Waals surface area contributed by atoms with Crippen LogP contribution in [0.1, 0.15) is 10.4 Å². The van der Waals surface area contributed by atoms with Crippen LogP contribution in [0.15, 0.2) is 47.5 Å². The second-order valence-corrected chi connectivity index (χ2v) is 8.78. The molecule has 2 heterocycles. The van der Waals surface area contributed by atoms with Gasteiger partial charge >= 0.3 is 6.18 Å². The van der Waals surface area contributed by atoms with Crippen LogP contribution in [-0.4, -0.2) is 53.2 Å². The fourth-order valence-corrected chi connectivity index (χ4v) is 3.36. The van der Waals surface area contributed by atoms with Gasteiger partial charge < -0.3 is 5.32 Å². The van der Waals surface area contributed by atoms with Crippen molar-refractivity contribution < 1.29 is 26.4 Å². The van der Waals surface area contributed by atoms with Gasteiger partial charge in [-0.1, -0.05) is 17.7 Å². The van der Waals surface area contributed by atoms with Crippen LogP contribution in [0, 0.1) is 0 Å². The Morgan fingerprint density at radius 2 is 1.81 bits per heavy atom. The number of halogens is 4. The van der Waals surface area contributed by atoms with Gasteiger partial charge in [0, 0.05) is 12.5 Å². The fourth-order valence-electron chi connectivity index (χ4n) is 2.38. The number of benzene rings is 1. The van der Waals surface area contributed by atoms with Crippen molar-refractivity contribution in [3.05, 3.63) is 53.2 Å². The number of carbonyl (C=O) groups is 1. The number of anilines is 2. The van der Waals surface area contributed by atoms with Gasteiger partial charge in [-0.25, -0.2) is 8.42 Å². The van der Waals surface area contributed by atoms with Gasteiger partial charge in [-0.05, 0) is 30.3 Å². The number of aromatic nitrogens is 4. The zero-order chi connectivity index (χ0) is 23.5. The predicted octanol–water partition coefficient (Wildman–Crippen LogP) is 3.22. The van der Waals surface area contributed by atoms with Gasteiger partial charge in [0.05, 0.1) is 15.5 Å². The summed E-state index contributed by atoms with van der Waals surface area (Å²) >= 11 is 6.03. The minimum Gasteiger partial charge on any atom is -0.345 e. The van der Waals surface area contributed by atoms with E-state index >= 15 is 0 Å². The van der Waals surface area contributed by atoms with E-state index in [1.54, 1.807) is 12.1 Å². The largest absolute Gasteiger partial charge is 0.405 e. The van der Waals surface area contributed by atoms with Crippen LogP contribution in [-0.2, 0) is 9.84 Å². The summed E-state index contributed by atoms with van der Waals surface area (Å²) < 4.78 is 61.0. The van der Waals surface area contributed by atoms with Crippen molar-refractivity contribution in [2.45, 2.75) is 11.1 Å². The van der Waals surface area contributed by atoms with E-state index in [-0.39, 0.29) is 32.9 Å². The predicted molar refractivity (Wildman–Crippen MR) is 110 cm³/mol. The molecule has 1 aromatic carbocycles. The normalized spacial score (nSPS) is 11.8. The number of nitrogens with zero attached hydrogens (tertiary/aromatic N) is 4. The van der Waals surface area contributed by atoms with Crippen LogP contribution in [0.25, 0.3) is 11.5 Å². The number of amides is 1. The van der Waals surface area contributed by atoms with Crippen LogP contribution in [0.3, 0.4) is 0 Å². The lowest BCUT2D eigenvalue weighted by Crippen LogP contribution is -2.23. The monoisotopic (exact) mass is 486 g/mol. The zero-order valence-corrected chi connectivity index (χ0v) is 17.8. The maximum absolute atomic E-state index is 12.6. The summed E-state index contributed by atoms with van der Waals surface area (Å²) in [6.07, 6.45) is -2.11. The lowest BCUT2D eigenvalue weighted by molar-refractivity contribution is -0.115. The average molecular weight is 487 g/mol. The van der Waals surface area contributed by atoms with E-state index in [9.17, 15) is 26.4 Å². The van der Waals surface area contributed by atoms with Crippen molar-refractivity contribution in [2.75, 3.05) is 23.4 Å². The number of alkyl halides is 3. The molecule has 1 amide bonds. The summed E-state index contributed by atoms with van der Waals surface area (Å²) in [6.45, 7) is -1.41. The Hall–Kier alpha value is -3.32. The zero-order valence-electron chi connectivity index (χ0n) is 16.2. The Balaban J connectivity index is 1.93. The number of pyridine rings is 1. The number of nitrogens with one attached hydrogen (secondary N) is 2. The van der Waals surface area contributed by atoms with Crippen molar-refractivity contribution in [1.29, 1.82) is 0 Å². The first kappa shape index (κ1) is 23.3. The molecule has 0 bridgehead atoms. The highest BCUT2D eigenvalue weighted by atomic mass is 35.5. The minimum absolute atomic E-state index is 0.0842. The van der Waals surface area contributed by atoms with E-state index in [2.05, 4.69) is 25.3 Å². The van der Waals surface area contributed by atoms with Gasteiger partial charge in [0.25, 0.3) is 5.91 Å². The van der Waals surface area contributed by atoms with Gasteiger partial charge in [-0.3, -0.25) is 15.1 Å². The summed E-state index contributed by atoms with van der Waals surface area (Å²) in [6, 6.07) is 8.26. The van der Waals surface area contributed by atoms with Gasteiger partial charge in [0.1, 0.15) is 12.2 Å². The molecule has 0 saturated heterocycles. The van der Waals surface area contributed by atoms with E-state index in [1.165, 1.54) is 24.4 Å². The van der Waals surface area contributed by atoms with E-state index in [1.807, 2.05) is 5.32 Å². The van der Waals surface area contributed by atoms with E-state index in [0.29, 0.717) is 0 Å². The van der Waals surface area contributed by atoms with Gasteiger partial charge in [0.15, 0.2) is 15.7 Å². The van der Waals surface area contributed by atoms with Crippen LogP contribution >= 0.6 is 11.6 Å². The molecule has 3 aromatic rings. The Morgan fingerprint density at radius 1 is 1.09 bits per heavy atom. The van der Waals surface area contributed by atoms with Crippen LogP contribution in [0.4, 0.5) is 25.1 Å². The molecular formula is C18H14ClF3N6O3S. The quantitative estimate of drug-likeness (QED) is 0.543. The summed E-state index contributed by atoms with van der Waals surface area (Å²) in [5.74, 6) is -1.69. The third-order valence-corrected chi connectivity index (χ3v) is 5.24. The molecule has 0 aliphatic rings. The maximum atomic E-state index is 12.6. The molecule has 0 aliphatic heterocycles. The Kier molecular flexibility index (Phi) is 6.60. The van der Waals surface area contributed by atoms with Crippen LogP contribution in [0.2, 0.25) is 5.02 Å². The van der Waals surface area contributed by atoms with Crippen molar-refractivity contribution in [2.24, 2.45) is 0 Å². The third-order valence-electron chi connectivity index (χ3n) is 3.82. The molecule has 0 fully saturated rings. The Labute approximate surface area is 185 Å². The molecule has 0 aliphatic carbocycles.